The third-order valence-electron chi connectivity index (χ3n) is 2.41. The van der Waals surface area contributed by atoms with Crippen molar-refractivity contribution in [1.82, 2.24) is 0 Å². The highest BCUT2D eigenvalue weighted by atomic mass is 16.7. The Kier molecular flexibility index (Phi) is 2.18. The van der Waals surface area contributed by atoms with Crippen LogP contribution >= 0.6 is 0 Å². The van der Waals surface area contributed by atoms with Gasteiger partial charge in [-0.1, -0.05) is 0 Å². The summed E-state index contributed by atoms with van der Waals surface area (Å²) < 4.78 is 4.76. The fraction of sp³-hybridized carbons (Fsp3) is 1.00. The Morgan fingerprint density at radius 3 is 2.17 bits per heavy atom. The lowest BCUT2D eigenvalue weighted by molar-refractivity contribution is -0.352. The molecule has 1 aliphatic heterocycles. The summed E-state index contributed by atoms with van der Waals surface area (Å²) in [5, 5.41) is 37.4. The SMILES string of the molecule is CC1(O)OC[C@@H](O)[C@H](O)[C@@]1(C)O. The number of hydrogen-bond donors (Lipinski definition) is 4. The van der Waals surface area contributed by atoms with Crippen LogP contribution in [0.4, 0.5) is 0 Å². The monoisotopic (exact) mass is 178 g/mol. The van der Waals surface area contributed by atoms with Gasteiger partial charge in [0.1, 0.15) is 17.8 Å². The van der Waals surface area contributed by atoms with Crippen LogP contribution in [-0.2, 0) is 4.74 Å². The van der Waals surface area contributed by atoms with Crippen LogP contribution in [0.15, 0.2) is 0 Å². The molecule has 1 aliphatic rings. The van der Waals surface area contributed by atoms with E-state index in [0.29, 0.717) is 0 Å². The number of rotatable bonds is 0. The second-order valence-corrected chi connectivity index (χ2v) is 3.45. The first-order chi connectivity index (χ1) is 5.29. The Morgan fingerprint density at radius 2 is 1.75 bits per heavy atom. The van der Waals surface area contributed by atoms with Crippen LogP contribution in [0.2, 0.25) is 0 Å². The standard InChI is InChI=1S/C7H14O5/c1-6(10)5(9)4(8)3-12-7(6,2)11/h4-5,8-11H,3H2,1-2H3/t4-,5+,6-,7?/m1/s1. The molecule has 0 spiro atoms. The number of aliphatic hydroxyl groups excluding tert-OH is 2. The molecule has 1 rings (SSSR count). The molecule has 4 atom stereocenters. The van der Waals surface area contributed by atoms with Crippen molar-refractivity contribution in [2.24, 2.45) is 0 Å². The van der Waals surface area contributed by atoms with Crippen molar-refractivity contribution in [1.29, 1.82) is 0 Å². The van der Waals surface area contributed by atoms with E-state index in [2.05, 4.69) is 0 Å². The molecule has 12 heavy (non-hydrogen) atoms. The second kappa shape index (κ2) is 2.65. The first kappa shape index (κ1) is 9.88. The maximum absolute atomic E-state index is 9.56. The predicted molar refractivity (Wildman–Crippen MR) is 39.2 cm³/mol. The zero-order valence-electron chi connectivity index (χ0n) is 7.06. The molecule has 1 heterocycles. The van der Waals surface area contributed by atoms with Gasteiger partial charge in [-0.05, 0) is 13.8 Å². The first-order valence-corrected chi connectivity index (χ1v) is 3.74. The molecule has 0 saturated carbocycles. The molecule has 5 heteroatoms. The van der Waals surface area contributed by atoms with E-state index in [-0.39, 0.29) is 6.61 Å². The summed E-state index contributed by atoms with van der Waals surface area (Å²) in [5.74, 6) is -1.83. The highest BCUT2D eigenvalue weighted by Gasteiger charge is 2.54. The van der Waals surface area contributed by atoms with Crippen molar-refractivity contribution in [3.05, 3.63) is 0 Å². The van der Waals surface area contributed by atoms with Crippen LogP contribution < -0.4 is 0 Å². The van der Waals surface area contributed by atoms with E-state index in [4.69, 9.17) is 9.84 Å². The zero-order valence-corrected chi connectivity index (χ0v) is 7.06. The number of aliphatic hydroxyl groups is 4. The molecule has 4 N–H and O–H groups in total. The van der Waals surface area contributed by atoms with Gasteiger partial charge >= 0.3 is 0 Å². The smallest absolute Gasteiger partial charge is 0.194 e. The Hall–Kier alpha value is -0.200. The third kappa shape index (κ3) is 1.23. The van der Waals surface area contributed by atoms with Crippen molar-refractivity contribution in [3.8, 4) is 0 Å². The van der Waals surface area contributed by atoms with Crippen LogP contribution in [0.25, 0.3) is 0 Å². The summed E-state index contributed by atoms with van der Waals surface area (Å²) in [6, 6.07) is 0. The number of ether oxygens (including phenoxy) is 1. The molecule has 0 aromatic carbocycles. The van der Waals surface area contributed by atoms with Crippen molar-refractivity contribution in [2.45, 2.75) is 37.4 Å². The third-order valence-corrected chi connectivity index (χ3v) is 2.41. The fourth-order valence-electron chi connectivity index (χ4n) is 1.13. The molecule has 1 saturated heterocycles. The van der Waals surface area contributed by atoms with Gasteiger partial charge in [0.2, 0.25) is 0 Å². The van der Waals surface area contributed by atoms with Gasteiger partial charge in [0.25, 0.3) is 0 Å². The lowest BCUT2D eigenvalue weighted by atomic mass is 9.85. The molecule has 0 aromatic heterocycles. The molecule has 0 amide bonds. The van der Waals surface area contributed by atoms with E-state index in [0.717, 1.165) is 0 Å². The van der Waals surface area contributed by atoms with Crippen LogP contribution in [-0.4, -0.2) is 50.6 Å². The highest BCUT2D eigenvalue weighted by molar-refractivity contribution is 4.99. The lowest BCUT2D eigenvalue weighted by Crippen LogP contribution is -2.67. The summed E-state index contributed by atoms with van der Waals surface area (Å²) >= 11 is 0. The van der Waals surface area contributed by atoms with Gasteiger partial charge < -0.3 is 25.2 Å². The Bertz CT molecular complexity index is 177. The maximum atomic E-state index is 9.56. The maximum Gasteiger partial charge on any atom is 0.194 e. The molecule has 0 bridgehead atoms. The Balaban J connectivity index is 2.88. The van der Waals surface area contributed by atoms with E-state index < -0.39 is 23.6 Å². The first-order valence-electron chi connectivity index (χ1n) is 3.74. The quantitative estimate of drug-likeness (QED) is 0.351. The molecule has 1 fully saturated rings. The van der Waals surface area contributed by atoms with Gasteiger partial charge in [0, 0.05) is 0 Å². The summed E-state index contributed by atoms with van der Waals surface area (Å²) in [6.07, 6.45) is -2.57. The van der Waals surface area contributed by atoms with E-state index in [1.54, 1.807) is 0 Å². The minimum atomic E-state index is -1.86. The highest BCUT2D eigenvalue weighted by Crippen LogP contribution is 2.32. The average molecular weight is 178 g/mol. The van der Waals surface area contributed by atoms with Crippen LogP contribution in [0.1, 0.15) is 13.8 Å². The normalized spacial score (nSPS) is 55.5. The van der Waals surface area contributed by atoms with Crippen LogP contribution in [0, 0.1) is 0 Å². The minimum absolute atomic E-state index is 0.190. The van der Waals surface area contributed by atoms with Gasteiger partial charge in [-0.3, -0.25) is 0 Å². The largest absolute Gasteiger partial charge is 0.388 e. The molecular weight excluding hydrogens is 164 g/mol. The fourth-order valence-corrected chi connectivity index (χ4v) is 1.13. The number of hydrogen-bond acceptors (Lipinski definition) is 5. The van der Waals surface area contributed by atoms with Gasteiger partial charge in [-0.2, -0.15) is 0 Å². The lowest BCUT2D eigenvalue weighted by Gasteiger charge is -2.46. The van der Waals surface area contributed by atoms with Gasteiger partial charge in [0.05, 0.1) is 6.61 Å². The average Bonchev–Trinajstić information content (AvgIpc) is 1.96. The van der Waals surface area contributed by atoms with Gasteiger partial charge in [-0.25, -0.2) is 0 Å². The molecule has 0 aromatic rings. The van der Waals surface area contributed by atoms with Gasteiger partial charge in [0.15, 0.2) is 5.79 Å². The van der Waals surface area contributed by atoms with Crippen LogP contribution in [0.5, 0.6) is 0 Å². The van der Waals surface area contributed by atoms with Gasteiger partial charge in [-0.15, -0.1) is 0 Å². The summed E-state index contributed by atoms with van der Waals surface area (Å²) in [7, 11) is 0. The molecule has 1 unspecified atom stereocenters. The second-order valence-electron chi connectivity index (χ2n) is 3.45. The summed E-state index contributed by atoms with van der Waals surface area (Å²) in [6.45, 7) is 2.26. The Labute approximate surface area is 70.2 Å². The minimum Gasteiger partial charge on any atom is -0.388 e. The molecule has 5 nitrogen and oxygen atoms in total. The van der Waals surface area contributed by atoms with E-state index in [9.17, 15) is 15.3 Å². The molecule has 72 valence electrons. The molecule has 0 radical (unpaired) electrons. The van der Waals surface area contributed by atoms with Crippen LogP contribution in [0.3, 0.4) is 0 Å². The Morgan fingerprint density at radius 1 is 1.25 bits per heavy atom. The topological polar surface area (TPSA) is 90.2 Å². The van der Waals surface area contributed by atoms with Crippen molar-refractivity contribution in [2.75, 3.05) is 6.61 Å². The van der Waals surface area contributed by atoms with Crippen molar-refractivity contribution < 1.29 is 25.2 Å². The van der Waals surface area contributed by atoms with Crippen molar-refractivity contribution >= 4 is 0 Å². The van der Waals surface area contributed by atoms with Crippen molar-refractivity contribution in [3.63, 3.8) is 0 Å². The molecule has 0 aliphatic carbocycles. The summed E-state index contributed by atoms with van der Waals surface area (Å²) in [5.41, 5.74) is -1.86. The summed E-state index contributed by atoms with van der Waals surface area (Å²) in [4.78, 5) is 0. The molecular formula is C7H14O5. The zero-order chi connectivity index (χ0) is 9.57. The predicted octanol–water partition coefficient (Wildman–Crippen LogP) is -1.80. The van der Waals surface area contributed by atoms with E-state index >= 15 is 0 Å². The van der Waals surface area contributed by atoms with E-state index in [1.165, 1.54) is 13.8 Å². The van der Waals surface area contributed by atoms with E-state index in [1.807, 2.05) is 0 Å².